The van der Waals surface area contributed by atoms with Crippen LogP contribution >= 0.6 is 0 Å². The molecule has 0 bridgehead atoms. The van der Waals surface area contributed by atoms with Gasteiger partial charge in [0.15, 0.2) is 0 Å². The third-order valence-corrected chi connectivity index (χ3v) is 2.04. The summed E-state index contributed by atoms with van der Waals surface area (Å²) in [5, 5.41) is 4.26. The van der Waals surface area contributed by atoms with Crippen molar-refractivity contribution >= 4 is 0 Å². The van der Waals surface area contributed by atoms with Crippen LogP contribution in [-0.4, -0.2) is 25.3 Å². The van der Waals surface area contributed by atoms with Gasteiger partial charge in [-0.3, -0.25) is 0 Å². The minimum absolute atomic E-state index is 0.0580. The second-order valence-electron chi connectivity index (χ2n) is 3.51. The molecule has 1 aliphatic heterocycles. The minimum atomic E-state index is 0.0580. The van der Waals surface area contributed by atoms with Crippen molar-refractivity contribution in [2.75, 3.05) is 13.7 Å². The van der Waals surface area contributed by atoms with Crippen molar-refractivity contribution in [3.8, 4) is 0 Å². The van der Waals surface area contributed by atoms with E-state index in [0.717, 1.165) is 19.4 Å². The second-order valence-corrected chi connectivity index (χ2v) is 3.51. The molecule has 0 saturated carbocycles. The molecule has 0 N–H and O–H groups in total. The number of ether oxygens (including phenoxy) is 1. The van der Waals surface area contributed by atoms with Crippen molar-refractivity contribution in [3.63, 3.8) is 0 Å². The number of rotatable bonds is 1. The lowest BCUT2D eigenvalue weighted by atomic mass is 9.94. The summed E-state index contributed by atoms with van der Waals surface area (Å²) in [6.45, 7) is 5.13. The average molecular weight is 142 g/mol. The lowest BCUT2D eigenvalue weighted by molar-refractivity contribution is -0.0542. The Hall–Kier alpha value is -0.0800. The standard InChI is InChI=1S/C8H16NO/c1-8(2)6-7(9-3)4-5-10-8/h7H,4-6H2,1-3H3/q-1. The van der Waals surface area contributed by atoms with Crippen molar-refractivity contribution in [1.82, 2.24) is 0 Å². The van der Waals surface area contributed by atoms with Gasteiger partial charge in [0.05, 0.1) is 5.60 Å². The Balaban J connectivity index is 2.40. The van der Waals surface area contributed by atoms with Gasteiger partial charge < -0.3 is 10.1 Å². The van der Waals surface area contributed by atoms with Crippen LogP contribution in [0, 0.1) is 0 Å². The summed E-state index contributed by atoms with van der Waals surface area (Å²) >= 11 is 0. The molecule has 0 aromatic rings. The third-order valence-electron chi connectivity index (χ3n) is 2.04. The Labute approximate surface area is 63.0 Å². The van der Waals surface area contributed by atoms with E-state index < -0.39 is 0 Å². The molecule has 1 heterocycles. The summed E-state index contributed by atoms with van der Waals surface area (Å²) in [4.78, 5) is 0. The number of nitrogens with zero attached hydrogens (tertiary/aromatic N) is 1. The molecule has 1 aliphatic rings. The van der Waals surface area contributed by atoms with E-state index in [0.29, 0.717) is 6.04 Å². The Kier molecular flexibility index (Phi) is 2.32. The zero-order chi connectivity index (χ0) is 7.61. The topological polar surface area (TPSA) is 23.3 Å². The summed E-state index contributed by atoms with van der Waals surface area (Å²) in [6.07, 6.45) is 2.17. The number of hydrogen-bond donors (Lipinski definition) is 0. The van der Waals surface area contributed by atoms with Crippen molar-refractivity contribution in [2.24, 2.45) is 0 Å². The van der Waals surface area contributed by atoms with Crippen LogP contribution in [0.25, 0.3) is 5.32 Å². The zero-order valence-electron chi connectivity index (χ0n) is 7.05. The molecular weight excluding hydrogens is 126 g/mol. The molecule has 2 heteroatoms. The summed E-state index contributed by atoms with van der Waals surface area (Å²) in [7, 11) is 1.89. The highest BCUT2D eigenvalue weighted by atomic mass is 16.5. The van der Waals surface area contributed by atoms with E-state index in [2.05, 4.69) is 19.2 Å². The molecule has 1 unspecified atom stereocenters. The molecular formula is C8H16NO-. The van der Waals surface area contributed by atoms with Gasteiger partial charge in [-0.05, 0) is 26.7 Å². The summed E-state index contributed by atoms with van der Waals surface area (Å²) in [5.74, 6) is 0. The van der Waals surface area contributed by atoms with Crippen LogP contribution in [0.3, 0.4) is 0 Å². The third kappa shape index (κ3) is 1.96. The fraction of sp³-hybridized carbons (Fsp3) is 1.00. The SMILES string of the molecule is C[N-]C1CCOC(C)(C)C1. The van der Waals surface area contributed by atoms with Gasteiger partial charge in [-0.15, -0.1) is 6.04 Å². The van der Waals surface area contributed by atoms with Crippen LogP contribution < -0.4 is 0 Å². The normalized spacial score (nSPS) is 32.1. The van der Waals surface area contributed by atoms with Crippen molar-refractivity contribution in [2.45, 2.75) is 38.3 Å². The first-order valence-electron chi connectivity index (χ1n) is 3.87. The van der Waals surface area contributed by atoms with Crippen LogP contribution in [0.5, 0.6) is 0 Å². The quantitative estimate of drug-likeness (QED) is 0.549. The molecule has 10 heavy (non-hydrogen) atoms. The highest BCUT2D eigenvalue weighted by molar-refractivity contribution is 4.93. The molecule has 0 aromatic carbocycles. The lowest BCUT2D eigenvalue weighted by Gasteiger charge is -2.41. The first-order chi connectivity index (χ1) is 4.64. The van der Waals surface area contributed by atoms with E-state index in [-0.39, 0.29) is 5.60 Å². The summed E-state index contributed by atoms with van der Waals surface area (Å²) < 4.78 is 5.54. The molecule has 2 nitrogen and oxygen atoms in total. The molecule has 1 atom stereocenters. The van der Waals surface area contributed by atoms with Gasteiger partial charge in [0.2, 0.25) is 0 Å². The molecule has 0 radical (unpaired) electrons. The Morgan fingerprint density at radius 1 is 1.50 bits per heavy atom. The average Bonchev–Trinajstić information content (AvgIpc) is 1.86. The van der Waals surface area contributed by atoms with E-state index in [4.69, 9.17) is 4.74 Å². The Morgan fingerprint density at radius 2 is 2.20 bits per heavy atom. The predicted molar refractivity (Wildman–Crippen MR) is 42.3 cm³/mol. The largest absolute Gasteiger partial charge is 0.662 e. The zero-order valence-corrected chi connectivity index (χ0v) is 7.05. The molecule has 1 fully saturated rings. The van der Waals surface area contributed by atoms with Gasteiger partial charge in [-0.25, -0.2) is 0 Å². The van der Waals surface area contributed by atoms with Crippen LogP contribution in [0.1, 0.15) is 26.7 Å². The smallest absolute Gasteiger partial charge is 0.0612 e. The van der Waals surface area contributed by atoms with Gasteiger partial charge in [-0.1, -0.05) is 0 Å². The molecule has 1 saturated heterocycles. The van der Waals surface area contributed by atoms with Gasteiger partial charge in [-0.2, -0.15) is 7.05 Å². The maximum absolute atomic E-state index is 5.54. The highest BCUT2D eigenvalue weighted by Gasteiger charge is 2.23. The second kappa shape index (κ2) is 2.89. The van der Waals surface area contributed by atoms with Crippen LogP contribution in [0.4, 0.5) is 0 Å². The van der Waals surface area contributed by atoms with E-state index in [1.54, 1.807) is 0 Å². The molecule has 0 amide bonds. The Morgan fingerprint density at radius 3 is 2.60 bits per heavy atom. The van der Waals surface area contributed by atoms with Crippen LogP contribution in [0.15, 0.2) is 0 Å². The molecule has 0 spiro atoms. The van der Waals surface area contributed by atoms with Gasteiger partial charge >= 0.3 is 0 Å². The minimum Gasteiger partial charge on any atom is -0.662 e. The maximum Gasteiger partial charge on any atom is 0.0612 e. The van der Waals surface area contributed by atoms with Crippen molar-refractivity contribution in [3.05, 3.63) is 5.32 Å². The molecule has 0 aromatic heterocycles. The lowest BCUT2D eigenvalue weighted by Crippen LogP contribution is -2.35. The van der Waals surface area contributed by atoms with Gasteiger partial charge in [0, 0.05) is 6.61 Å². The Bertz CT molecular complexity index is 112. The summed E-state index contributed by atoms with van der Waals surface area (Å²) in [6, 6.07) is 0.531. The monoisotopic (exact) mass is 142 g/mol. The highest BCUT2D eigenvalue weighted by Crippen LogP contribution is 2.26. The van der Waals surface area contributed by atoms with E-state index in [1.165, 1.54) is 0 Å². The fourth-order valence-corrected chi connectivity index (χ4v) is 1.42. The van der Waals surface area contributed by atoms with Crippen molar-refractivity contribution < 1.29 is 4.74 Å². The maximum atomic E-state index is 5.54. The van der Waals surface area contributed by atoms with Crippen molar-refractivity contribution in [1.29, 1.82) is 0 Å². The molecule has 0 aliphatic carbocycles. The van der Waals surface area contributed by atoms with E-state index >= 15 is 0 Å². The van der Waals surface area contributed by atoms with Crippen LogP contribution in [-0.2, 0) is 4.74 Å². The number of hydrogen-bond acceptors (Lipinski definition) is 1. The van der Waals surface area contributed by atoms with Crippen LogP contribution in [0.2, 0.25) is 0 Å². The van der Waals surface area contributed by atoms with E-state index in [1.807, 2.05) is 7.05 Å². The first kappa shape index (κ1) is 8.02. The van der Waals surface area contributed by atoms with E-state index in [9.17, 15) is 0 Å². The first-order valence-corrected chi connectivity index (χ1v) is 3.87. The molecule has 1 rings (SSSR count). The summed E-state index contributed by atoms with van der Waals surface area (Å²) in [5.41, 5.74) is 0.0580. The van der Waals surface area contributed by atoms with Gasteiger partial charge in [0.1, 0.15) is 0 Å². The fourth-order valence-electron chi connectivity index (χ4n) is 1.42. The van der Waals surface area contributed by atoms with Gasteiger partial charge in [0.25, 0.3) is 0 Å². The predicted octanol–water partition coefficient (Wildman–Crippen LogP) is 1.95. The molecule has 60 valence electrons.